The van der Waals surface area contributed by atoms with Gasteiger partial charge in [0.2, 0.25) is 5.91 Å². The molecule has 18 heavy (non-hydrogen) atoms. The van der Waals surface area contributed by atoms with Gasteiger partial charge in [-0.25, -0.2) is 8.78 Å². The van der Waals surface area contributed by atoms with Gasteiger partial charge in [0.1, 0.15) is 0 Å². The maximum absolute atomic E-state index is 13.0. The van der Waals surface area contributed by atoms with Crippen LogP contribution in [0.2, 0.25) is 0 Å². The monoisotopic (exact) mass is 254 g/mol. The van der Waals surface area contributed by atoms with E-state index in [1.807, 2.05) is 0 Å². The Hall–Kier alpha value is -1.49. The Balaban J connectivity index is 1.91. The van der Waals surface area contributed by atoms with E-state index in [1.165, 1.54) is 6.07 Å². The number of carbonyl (C=O) groups excluding carboxylic acids is 1. The summed E-state index contributed by atoms with van der Waals surface area (Å²) in [6, 6.07) is 3.50. The highest BCUT2D eigenvalue weighted by Gasteiger charge is 2.29. The lowest BCUT2D eigenvalue weighted by atomic mass is 10.0. The normalized spacial score (nSPS) is 23.1. The molecule has 2 atom stereocenters. The van der Waals surface area contributed by atoms with Crippen molar-refractivity contribution < 1.29 is 13.6 Å². The summed E-state index contributed by atoms with van der Waals surface area (Å²) in [6.07, 6.45) is 2.62. The summed E-state index contributed by atoms with van der Waals surface area (Å²) in [7, 11) is 0. The quantitative estimate of drug-likeness (QED) is 0.862. The largest absolute Gasteiger partial charge is 0.352 e. The van der Waals surface area contributed by atoms with Crippen molar-refractivity contribution >= 4 is 5.91 Å². The van der Waals surface area contributed by atoms with E-state index in [2.05, 4.69) is 5.32 Å². The first-order valence-corrected chi connectivity index (χ1v) is 6.05. The van der Waals surface area contributed by atoms with E-state index >= 15 is 0 Å². The third-order valence-electron chi connectivity index (χ3n) is 3.36. The highest BCUT2D eigenvalue weighted by atomic mass is 19.2. The highest BCUT2D eigenvalue weighted by molar-refractivity contribution is 5.79. The first kappa shape index (κ1) is 13.0. The maximum Gasteiger partial charge on any atom is 0.224 e. The molecule has 0 bridgehead atoms. The molecule has 2 unspecified atom stereocenters. The zero-order valence-electron chi connectivity index (χ0n) is 9.96. The third kappa shape index (κ3) is 2.85. The van der Waals surface area contributed by atoms with Gasteiger partial charge in [-0.3, -0.25) is 4.79 Å². The lowest BCUT2D eigenvalue weighted by Gasteiger charge is -2.15. The molecule has 0 aliphatic heterocycles. The van der Waals surface area contributed by atoms with Gasteiger partial charge in [0.25, 0.3) is 0 Å². The summed E-state index contributed by atoms with van der Waals surface area (Å²) in [5, 5.41) is 2.71. The van der Waals surface area contributed by atoms with Crippen molar-refractivity contribution in [3.05, 3.63) is 35.4 Å². The fourth-order valence-corrected chi connectivity index (χ4v) is 2.28. The minimum atomic E-state index is -0.903. The molecule has 2 rings (SSSR count). The van der Waals surface area contributed by atoms with Crippen LogP contribution in [0.4, 0.5) is 8.78 Å². The lowest BCUT2D eigenvalue weighted by molar-refractivity contribution is -0.125. The van der Waals surface area contributed by atoms with Gasteiger partial charge in [0, 0.05) is 12.6 Å². The molecular weight excluding hydrogens is 238 g/mol. The fraction of sp³-hybridized carbons (Fsp3) is 0.462. The fourth-order valence-electron chi connectivity index (χ4n) is 2.28. The predicted molar refractivity (Wildman–Crippen MR) is 63.5 cm³/mol. The average Bonchev–Trinajstić information content (AvgIpc) is 2.77. The zero-order valence-corrected chi connectivity index (χ0v) is 9.96. The summed E-state index contributed by atoms with van der Waals surface area (Å²) < 4.78 is 25.7. The first-order chi connectivity index (χ1) is 8.58. The molecular formula is C13H16F2N2O. The first-order valence-electron chi connectivity index (χ1n) is 6.05. The number of rotatable bonds is 3. The van der Waals surface area contributed by atoms with Gasteiger partial charge >= 0.3 is 0 Å². The predicted octanol–water partition coefficient (Wildman–Crippen LogP) is 1.71. The number of nitrogens with one attached hydrogen (secondary N) is 1. The minimum Gasteiger partial charge on any atom is -0.352 e. The molecule has 1 aromatic rings. The molecule has 0 saturated heterocycles. The third-order valence-corrected chi connectivity index (χ3v) is 3.36. The zero-order chi connectivity index (χ0) is 13.1. The van der Waals surface area contributed by atoms with Crippen LogP contribution in [0.1, 0.15) is 24.8 Å². The van der Waals surface area contributed by atoms with Crippen LogP contribution < -0.4 is 11.1 Å². The Bertz CT molecular complexity index is 451. The van der Waals surface area contributed by atoms with Crippen LogP contribution in [0.3, 0.4) is 0 Å². The Morgan fingerprint density at radius 3 is 2.72 bits per heavy atom. The molecule has 98 valence electrons. The average molecular weight is 254 g/mol. The standard InChI is InChI=1S/C13H16F2N2O/c14-10-5-4-8(6-11(10)15)7-17-13(18)9-2-1-3-12(9)16/h4-6,9,12H,1-3,7,16H2,(H,17,18). The molecule has 1 fully saturated rings. The van der Waals surface area contributed by atoms with Crippen LogP contribution in [0.15, 0.2) is 18.2 Å². The Kier molecular flexibility index (Phi) is 3.91. The second-order valence-electron chi connectivity index (χ2n) is 4.67. The van der Waals surface area contributed by atoms with Gasteiger partial charge in [-0.1, -0.05) is 12.5 Å². The number of carbonyl (C=O) groups is 1. The van der Waals surface area contributed by atoms with Crippen molar-refractivity contribution in [2.24, 2.45) is 11.7 Å². The van der Waals surface area contributed by atoms with Crippen LogP contribution in [0.25, 0.3) is 0 Å². The van der Waals surface area contributed by atoms with Crippen LogP contribution in [-0.2, 0) is 11.3 Å². The van der Waals surface area contributed by atoms with Crippen LogP contribution in [0, 0.1) is 17.6 Å². The van der Waals surface area contributed by atoms with E-state index in [0.29, 0.717) is 5.56 Å². The van der Waals surface area contributed by atoms with Crippen molar-refractivity contribution in [2.75, 3.05) is 0 Å². The van der Waals surface area contributed by atoms with Crippen LogP contribution in [-0.4, -0.2) is 11.9 Å². The van der Waals surface area contributed by atoms with Gasteiger partial charge in [-0.05, 0) is 30.5 Å². The van der Waals surface area contributed by atoms with Gasteiger partial charge in [-0.2, -0.15) is 0 Å². The second kappa shape index (κ2) is 5.44. The number of benzene rings is 1. The molecule has 1 aromatic carbocycles. The van der Waals surface area contributed by atoms with E-state index in [9.17, 15) is 13.6 Å². The topological polar surface area (TPSA) is 55.1 Å². The molecule has 0 heterocycles. The summed E-state index contributed by atoms with van der Waals surface area (Å²) in [5.74, 6) is -2.05. The molecule has 1 aliphatic rings. The van der Waals surface area contributed by atoms with Crippen molar-refractivity contribution in [1.82, 2.24) is 5.32 Å². The molecule has 0 aromatic heterocycles. The van der Waals surface area contributed by atoms with Crippen LogP contribution >= 0.6 is 0 Å². The Labute approximate surface area is 104 Å². The molecule has 1 amide bonds. The number of nitrogens with two attached hydrogens (primary N) is 1. The van der Waals surface area contributed by atoms with Crippen LogP contribution in [0.5, 0.6) is 0 Å². The smallest absolute Gasteiger partial charge is 0.224 e. The van der Waals surface area contributed by atoms with Crippen molar-refractivity contribution in [2.45, 2.75) is 31.8 Å². The van der Waals surface area contributed by atoms with E-state index in [-0.39, 0.29) is 24.4 Å². The van der Waals surface area contributed by atoms with E-state index < -0.39 is 11.6 Å². The highest BCUT2D eigenvalue weighted by Crippen LogP contribution is 2.24. The van der Waals surface area contributed by atoms with E-state index in [1.54, 1.807) is 0 Å². The van der Waals surface area contributed by atoms with Gasteiger partial charge < -0.3 is 11.1 Å². The van der Waals surface area contributed by atoms with Gasteiger partial charge in [0.15, 0.2) is 11.6 Å². The lowest BCUT2D eigenvalue weighted by Crippen LogP contribution is -2.38. The molecule has 0 radical (unpaired) electrons. The van der Waals surface area contributed by atoms with Crippen molar-refractivity contribution in [3.63, 3.8) is 0 Å². The summed E-state index contributed by atoms with van der Waals surface area (Å²) in [5.41, 5.74) is 6.36. The number of hydrogen-bond acceptors (Lipinski definition) is 2. The van der Waals surface area contributed by atoms with E-state index in [4.69, 9.17) is 5.73 Å². The summed E-state index contributed by atoms with van der Waals surface area (Å²) in [6.45, 7) is 0.194. The molecule has 1 aliphatic carbocycles. The second-order valence-corrected chi connectivity index (χ2v) is 4.67. The van der Waals surface area contributed by atoms with Gasteiger partial charge in [-0.15, -0.1) is 0 Å². The SMILES string of the molecule is NC1CCCC1C(=O)NCc1ccc(F)c(F)c1. The number of halogens is 2. The molecule has 3 N–H and O–H groups in total. The minimum absolute atomic E-state index is 0.0880. The van der Waals surface area contributed by atoms with Crippen molar-refractivity contribution in [3.8, 4) is 0 Å². The van der Waals surface area contributed by atoms with E-state index in [0.717, 1.165) is 31.4 Å². The Morgan fingerprint density at radius 2 is 2.11 bits per heavy atom. The Morgan fingerprint density at radius 1 is 1.33 bits per heavy atom. The molecule has 1 saturated carbocycles. The van der Waals surface area contributed by atoms with Crippen molar-refractivity contribution in [1.29, 1.82) is 0 Å². The molecule has 5 heteroatoms. The maximum atomic E-state index is 13.0. The molecule has 3 nitrogen and oxygen atoms in total. The summed E-state index contributed by atoms with van der Waals surface area (Å²) in [4.78, 5) is 11.8. The van der Waals surface area contributed by atoms with Gasteiger partial charge in [0.05, 0.1) is 5.92 Å². The number of amides is 1. The number of hydrogen-bond donors (Lipinski definition) is 2. The summed E-state index contributed by atoms with van der Waals surface area (Å²) >= 11 is 0. The molecule has 0 spiro atoms.